The number of carbonyl (C=O) groups is 1. The van der Waals surface area contributed by atoms with E-state index in [-0.39, 0.29) is 6.09 Å². The Morgan fingerprint density at radius 3 is 3.06 bits per heavy atom. The number of hydrogen-bond donors (Lipinski definition) is 0. The topological polar surface area (TPSA) is 29.5 Å². The first kappa shape index (κ1) is 11.5. The van der Waals surface area contributed by atoms with E-state index in [1.165, 1.54) is 7.11 Å². The van der Waals surface area contributed by atoms with Crippen molar-refractivity contribution in [3.8, 4) is 0 Å². The molecule has 0 bridgehead atoms. The van der Waals surface area contributed by atoms with Crippen molar-refractivity contribution in [3.63, 3.8) is 0 Å². The third kappa shape index (κ3) is 1.72. The normalized spacial score (nSPS) is 15.1. The molecule has 16 heavy (non-hydrogen) atoms. The van der Waals surface area contributed by atoms with E-state index in [0.29, 0.717) is 18.0 Å². The van der Waals surface area contributed by atoms with E-state index in [9.17, 15) is 4.79 Å². The van der Waals surface area contributed by atoms with Gasteiger partial charge in [0.25, 0.3) is 0 Å². The van der Waals surface area contributed by atoms with Crippen molar-refractivity contribution in [2.45, 2.75) is 19.9 Å². The molecule has 86 valence electrons. The fraction of sp³-hybridized carbons (Fsp3) is 0.364. The Bertz CT molecular complexity index is 453. The van der Waals surface area contributed by atoms with Gasteiger partial charge in [-0.15, -0.1) is 11.3 Å². The van der Waals surface area contributed by atoms with E-state index in [2.05, 4.69) is 0 Å². The lowest BCUT2D eigenvalue weighted by molar-refractivity contribution is 0.132. The second kappa shape index (κ2) is 4.47. The standard InChI is InChI=1S/C11H12ClNO2S/c1-3-8-10(12)7-4-5-16-9(7)6-13(8)11(14)15-2/h4-5H,3,6H2,1-2H3. The van der Waals surface area contributed by atoms with Crippen LogP contribution >= 0.6 is 22.9 Å². The number of hydrogen-bond acceptors (Lipinski definition) is 3. The Balaban J connectivity index is 2.46. The van der Waals surface area contributed by atoms with Crippen LogP contribution in [0.1, 0.15) is 23.8 Å². The number of thiophene rings is 1. The van der Waals surface area contributed by atoms with E-state index in [1.807, 2.05) is 18.4 Å². The molecule has 0 saturated heterocycles. The van der Waals surface area contributed by atoms with Gasteiger partial charge in [-0.05, 0) is 17.9 Å². The van der Waals surface area contributed by atoms with E-state index < -0.39 is 0 Å². The number of methoxy groups -OCH3 is 1. The number of rotatable bonds is 1. The van der Waals surface area contributed by atoms with Gasteiger partial charge in [0.15, 0.2) is 0 Å². The number of allylic oxidation sites excluding steroid dienone is 1. The summed E-state index contributed by atoms with van der Waals surface area (Å²) in [5.74, 6) is 0. The van der Waals surface area contributed by atoms with Crippen LogP contribution in [-0.2, 0) is 11.3 Å². The molecule has 0 aromatic carbocycles. The average Bonchev–Trinajstić information content (AvgIpc) is 2.76. The summed E-state index contributed by atoms with van der Waals surface area (Å²) in [5, 5.41) is 2.65. The fourth-order valence-electron chi connectivity index (χ4n) is 1.80. The van der Waals surface area contributed by atoms with Crippen LogP contribution in [0, 0.1) is 0 Å². The minimum Gasteiger partial charge on any atom is -0.452 e. The van der Waals surface area contributed by atoms with E-state index in [4.69, 9.17) is 16.3 Å². The number of halogens is 1. The molecular formula is C11H12ClNO2S. The highest BCUT2D eigenvalue weighted by atomic mass is 35.5. The molecular weight excluding hydrogens is 246 g/mol. The third-order valence-corrected chi connectivity index (χ3v) is 3.92. The SMILES string of the molecule is CCC1=C(Cl)c2ccsc2CN1C(=O)OC. The first-order chi connectivity index (χ1) is 7.69. The Hall–Kier alpha value is -1.00. The summed E-state index contributed by atoms with van der Waals surface area (Å²) >= 11 is 7.89. The minimum atomic E-state index is -0.353. The quantitative estimate of drug-likeness (QED) is 0.769. The van der Waals surface area contributed by atoms with E-state index in [1.54, 1.807) is 16.2 Å². The molecule has 0 spiro atoms. The van der Waals surface area contributed by atoms with Gasteiger partial charge in [0.1, 0.15) is 0 Å². The molecule has 0 atom stereocenters. The maximum atomic E-state index is 11.6. The molecule has 2 heterocycles. The Kier molecular flexibility index (Phi) is 3.21. The van der Waals surface area contributed by atoms with Crippen LogP contribution < -0.4 is 0 Å². The molecule has 0 N–H and O–H groups in total. The Morgan fingerprint density at radius 2 is 2.44 bits per heavy atom. The van der Waals surface area contributed by atoms with Crippen molar-refractivity contribution >= 4 is 34.1 Å². The molecule has 3 nitrogen and oxygen atoms in total. The Labute approximate surface area is 103 Å². The second-order valence-corrected chi connectivity index (χ2v) is 4.81. The number of carbonyl (C=O) groups excluding carboxylic acids is 1. The monoisotopic (exact) mass is 257 g/mol. The predicted octanol–water partition coefficient (Wildman–Crippen LogP) is 3.65. The van der Waals surface area contributed by atoms with Gasteiger partial charge in [0, 0.05) is 16.1 Å². The van der Waals surface area contributed by atoms with Gasteiger partial charge >= 0.3 is 6.09 Å². The molecule has 1 aliphatic rings. The summed E-state index contributed by atoms with van der Waals surface area (Å²) in [4.78, 5) is 14.3. The summed E-state index contributed by atoms with van der Waals surface area (Å²) in [6.45, 7) is 2.53. The first-order valence-electron chi connectivity index (χ1n) is 4.99. The predicted molar refractivity (Wildman–Crippen MR) is 65.3 cm³/mol. The molecule has 0 radical (unpaired) electrons. The van der Waals surface area contributed by atoms with Crippen LogP contribution in [0.25, 0.3) is 5.03 Å². The lowest BCUT2D eigenvalue weighted by atomic mass is 10.1. The fourth-order valence-corrected chi connectivity index (χ4v) is 3.14. The van der Waals surface area contributed by atoms with Crippen molar-refractivity contribution in [1.29, 1.82) is 0 Å². The maximum absolute atomic E-state index is 11.6. The van der Waals surface area contributed by atoms with Gasteiger partial charge in [0.05, 0.1) is 18.7 Å². The molecule has 0 aliphatic carbocycles. The molecule has 5 heteroatoms. The molecule has 0 saturated carbocycles. The summed E-state index contributed by atoms with van der Waals surface area (Å²) in [5.41, 5.74) is 1.88. The lowest BCUT2D eigenvalue weighted by Gasteiger charge is -2.28. The van der Waals surface area contributed by atoms with Crippen molar-refractivity contribution in [3.05, 3.63) is 27.6 Å². The highest BCUT2D eigenvalue weighted by Crippen LogP contribution is 2.38. The highest BCUT2D eigenvalue weighted by molar-refractivity contribution is 7.10. The van der Waals surface area contributed by atoms with Crippen LogP contribution in [-0.4, -0.2) is 18.1 Å². The molecule has 1 aromatic heterocycles. The van der Waals surface area contributed by atoms with Gasteiger partial charge in [0.2, 0.25) is 0 Å². The smallest absolute Gasteiger partial charge is 0.414 e. The van der Waals surface area contributed by atoms with Crippen LogP contribution in [0.4, 0.5) is 4.79 Å². The summed E-state index contributed by atoms with van der Waals surface area (Å²) in [7, 11) is 1.38. The van der Waals surface area contributed by atoms with Crippen molar-refractivity contribution in [2.24, 2.45) is 0 Å². The van der Waals surface area contributed by atoms with Crippen molar-refractivity contribution in [2.75, 3.05) is 7.11 Å². The van der Waals surface area contributed by atoms with Gasteiger partial charge in [-0.3, -0.25) is 4.90 Å². The van der Waals surface area contributed by atoms with Gasteiger partial charge in [-0.1, -0.05) is 18.5 Å². The molecule has 1 aromatic rings. The number of fused-ring (bicyclic) bond motifs is 1. The van der Waals surface area contributed by atoms with Crippen LogP contribution in [0.2, 0.25) is 0 Å². The van der Waals surface area contributed by atoms with Crippen LogP contribution in [0.15, 0.2) is 17.1 Å². The zero-order valence-corrected chi connectivity index (χ0v) is 10.7. The molecule has 0 fully saturated rings. The van der Waals surface area contributed by atoms with Gasteiger partial charge in [-0.25, -0.2) is 4.79 Å². The highest BCUT2D eigenvalue weighted by Gasteiger charge is 2.28. The molecule has 0 unspecified atom stereocenters. The number of ether oxygens (including phenoxy) is 1. The third-order valence-electron chi connectivity index (χ3n) is 2.59. The van der Waals surface area contributed by atoms with E-state index >= 15 is 0 Å². The zero-order chi connectivity index (χ0) is 11.7. The largest absolute Gasteiger partial charge is 0.452 e. The average molecular weight is 258 g/mol. The van der Waals surface area contributed by atoms with E-state index in [0.717, 1.165) is 16.1 Å². The molecule has 1 aliphatic heterocycles. The lowest BCUT2D eigenvalue weighted by Crippen LogP contribution is -2.32. The summed E-state index contributed by atoms with van der Waals surface area (Å²) in [6, 6.07) is 1.99. The van der Waals surface area contributed by atoms with Crippen molar-refractivity contribution in [1.82, 2.24) is 4.90 Å². The second-order valence-electron chi connectivity index (χ2n) is 3.43. The van der Waals surface area contributed by atoms with Crippen LogP contribution in [0.5, 0.6) is 0 Å². The molecule has 2 rings (SSSR count). The van der Waals surface area contributed by atoms with Crippen LogP contribution in [0.3, 0.4) is 0 Å². The van der Waals surface area contributed by atoms with Gasteiger partial charge < -0.3 is 4.74 Å². The summed E-state index contributed by atoms with van der Waals surface area (Å²) in [6.07, 6.45) is 0.359. The number of amides is 1. The summed E-state index contributed by atoms with van der Waals surface area (Å²) < 4.78 is 4.76. The van der Waals surface area contributed by atoms with Gasteiger partial charge in [-0.2, -0.15) is 0 Å². The zero-order valence-electron chi connectivity index (χ0n) is 9.12. The first-order valence-corrected chi connectivity index (χ1v) is 6.25. The van der Waals surface area contributed by atoms with Crippen molar-refractivity contribution < 1.29 is 9.53 Å². The Morgan fingerprint density at radius 1 is 1.69 bits per heavy atom. The molecule has 1 amide bonds. The number of nitrogens with zero attached hydrogens (tertiary/aromatic N) is 1. The minimum absolute atomic E-state index is 0.353. The maximum Gasteiger partial charge on any atom is 0.414 e.